The van der Waals surface area contributed by atoms with Gasteiger partial charge in [-0.2, -0.15) is 0 Å². The number of piperidine rings is 1. The van der Waals surface area contributed by atoms with E-state index in [1.165, 1.54) is 0 Å². The number of carbonyl (C=O) groups excluding carboxylic acids is 1. The summed E-state index contributed by atoms with van der Waals surface area (Å²) in [5.74, 6) is 0.647. The van der Waals surface area contributed by atoms with E-state index in [1.54, 1.807) is 20.3 Å². The van der Waals surface area contributed by atoms with Crippen LogP contribution in [-0.4, -0.2) is 70.0 Å². The highest BCUT2D eigenvalue weighted by molar-refractivity contribution is 5.94. The molecule has 1 heterocycles. The first kappa shape index (κ1) is 19.7. The van der Waals surface area contributed by atoms with Crippen molar-refractivity contribution in [2.75, 3.05) is 47.1 Å². The molecule has 6 heteroatoms. The Labute approximate surface area is 150 Å². The lowest BCUT2D eigenvalue weighted by atomic mass is 10.1. The predicted octanol–water partition coefficient (Wildman–Crippen LogP) is 1.94. The molecule has 1 aromatic rings. The Morgan fingerprint density at radius 3 is 2.72 bits per heavy atom. The van der Waals surface area contributed by atoms with Crippen LogP contribution in [0.25, 0.3) is 0 Å². The maximum absolute atomic E-state index is 12.1. The van der Waals surface area contributed by atoms with Crippen molar-refractivity contribution in [2.45, 2.75) is 31.9 Å². The molecule has 1 N–H and O–H groups in total. The van der Waals surface area contributed by atoms with Crippen molar-refractivity contribution in [2.24, 2.45) is 0 Å². The van der Waals surface area contributed by atoms with E-state index in [0.717, 1.165) is 38.3 Å². The fourth-order valence-corrected chi connectivity index (χ4v) is 3.05. The standard InChI is InChI=1S/C19H30N2O4/c1-15(14-24-3)21-10-7-17(8-11-21)25-18-6-4-5-16(13-18)19(22)20-9-12-23-2/h4-6,13,15,17H,7-12,14H2,1-3H3,(H,20,22). The van der Waals surface area contributed by atoms with Crippen molar-refractivity contribution < 1.29 is 19.0 Å². The van der Waals surface area contributed by atoms with Gasteiger partial charge in [0.15, 0.2) is 0 Å². The van der Waals surface area contributed by atoms with Crippen molar-refractivity contribution >= 4 is 5.91 Å². The number of likely N-dealkylation sites (tertiary alicyclic amines) is 1. The monoisotopic (exact) mass is 350 g/mol. The van der Waals surface area contributed by atoms with Crippen LogP contribution >= 0.6 is 0 Å². The van der Waals surface area contributed by atoms with Crippen LogP contribution in [0.3, 0.4) is 0 Å². The zero-order valence-corrected chi connectivity index (χ0v) is 15.5. The highest BCUT2D eigenvalue weighted by Crippen LogP contribution is 2.21. The van der Waals surface area contributed by atoms with E-state index in [0.29, 0.717) is 24.8 Å². The number of ether oxygens (including phenoxy) is 3. The fraction of sp³-hybridized carbons (Fsp3) is 0.632. The number of rotatable bonds is 9. The summed E-state index contributed by atoms with van der Waals surface area (Å²) in [6.07, 6.45) is 2.16. The summed E-state index contributed by atoms with van der Waals surface area (Å²) in [4.78, 5) is 14.5. The second-order valence-electron chi connectivity index (χ2n) is 6.43. The molecule has 140 valence electrons. The number of nitrogens with one attached hydrogen (secondary N) is 1. The molecule has 1 aliphatic heterocycles. The van der Waals surface area contributed by atoms with E-state index >= 15 is 0 Å². The van der Waals surface area contributed by atoms with Crippen LogP contribution in [0.15, 0.2) is 24.3 Å². The quantitative estimate of drug-likeness (QED) is 0.690. The smallest absolute Gasteiger partial charge is 0.251 e. The second kappa shape index (κ2) is 10.4. The van der Waals surface area contributed by atoms with E-state index in [-0.39, 0.29) is 12.0 Å². The van der Waals surface area contributed by atoms with Crippen LogP contribution in [0, 0.1) is 0 Å². The predicted molar refractivity (Wildman–Crippen MR) is 97.2 cm³/mol. The Kier molecular flexibility index (Phi) is 8.18. The fourth-order valence-electron chi connectivity index (χ4n) is 3.05. The van der Waals surface area contributed by atoms with Gasteiger partial charge in [0, 0.05) is 45.5 Å². The van der Waals surface area contributed by atoms with Crippen LogP contribution in [0.4, 0.5) is 0 Å². The zero-order chi connectivity index (χ0) is 18.1. The molecule has 1 unspecified atom stereocenters. The van der Waals surface area contributed by atoms with E-state index < -0.39 is 0 Å². The molecule has 0 saturated carbocycles. The Bertz CT molecular complexity index is 530. The number of benzene rings is 1. The number of methoxy groups -OCH3 is 2. The Hall–Kier alpha value is -1.63. The molecular formula is C19H30N2O4. The van der Waals surface area contributed by atoms with Gasteiger partial charge in [-0.3, -0.25) is 9.69 Å². The molecule has 0 aromatic heterocycles. The van der Waals surface area contributed by atoms with Gasteiger partial charge in [0.25, 0.3) is 5.91 Å². The van der Waals surface area contributed by atoms with Crippen LogP contribution in [-0.2, 0) is 9.47 Å². The minimum absolute atomic E-state index is 0.106. The maximum Gasteiger partial charge on any atom is 0.251 e. The average Bonchev–Trinajstić information content (AvgIpc) is 2.63. The molecule has 25 heavy (non-hydrogen) atoms. The maximum atomic E-state index is 12.1. The third-order valence-corrected chi connectivity index (χ3v) is 4.50. The molecule has 1 atom stereocenters. The Morgan fingerprint density at radius 1 is 1.28 bits per heavy atom. The number of nitrogens with zero attached hydrogens (tertiary/aromatic N) is 1. The summed E-state index contributed by atoms with van der Waals surface area (Å²) in [7, 11) is 3.35. The number of carbonyl (C=O) groups is 1. The number of hydrogen-bond acceptors (Lipinski definition) is 5. The van der Waals surface area contributed by atoms with Crippen molar-refractivity contribution in [3.05, 3.63) is 29.8 Å². The lowest BCUT2D eigenvalue weighted by Crippen LogP contribution is -2.44. The van der Waals surface area contributed by atoms with E-state index in [1.807, 2.05) is 18.2 Å². The molecule has 1 aliphatic rings. The van der Waals surface area contributed by atoms with Gasteiger partial charge in [-0.05, 0) is 38.0 Å². The molecule has 0 bridgehead atoms. The van der Waals surface area contributed by atoms with Gasteiger partial charge in [0.2, 0.25) is 0 Å². The third-order valence-electron chi connectivity index (χ3n) is 4.50. The first-order chi connectivity index (χ1) is 12.1. The van der Waals surface area contributed by atoms with Crippen LogP contribution in [0.1, 0.15) is 30.1 Å². The summed E-state index contributed by atoms with van der Waals surface area (Å²) < 4.78 is 16.3. The van der Waals surface area contributed by atoms with Crippen LogP contribution < -0.4 is 10.1 Å². The van der Waals surface area contributed by atoms with Crippen LogP contribution in [0.5, 0.6) is 5.75 Å². The minimum Gasteiger partial charge on any atom is -0.490 e. The lowest BCUT2D eigenvalue weighted by molar-refractivity contribution is 0.0474. The molecule has 0 aliphatic carbocycles. The van der Waals surface area contributed by atoms with Crippen molar-refractivity contribution in [1.82, 2.24) is 10.2 Å². The van der Waals surface area contributed by atoms with Gasteiger partial charge < -0.3 is 19.5 Å². The Balaban J connectivity index is 1.83. The molecule has 0 spiro atoms. The summed E-state index contributed by atoms with van der Waals surface area (Å²) in [6.45, 7) is 5.96. The number of amides is 1. The van der Waals surface area contributed by atoms with Crippen molar-refractivity contribution in [3.8, 4) is 5.75 Å². The van der Waals surface area contributed by atoms with Gasteiger partial charge in [0.05, 0.1) is 13.2 Å². The first-order valence-corrected chi connectivity index (χ1v) is 8.91. The summed E-state index contributed by atoms with van der Waals surface area (Å²) >= 11 is 0. The Morgan fingerprint density at radius 2 is 2.04 bits per heavy atom. The number of hydrogen-bond donors (Lipinski definition) is 1. The average molecular weight is 350 g/mol. The van der Waals surface area contributed by atoms with Crippen molar-refractivity contribution in [1.29, 1.82) is 0 Å². The lowest BCUT2D eigenvalue weighted by Gasteiger charge is -2.35. The minimum atomic E-state index is -0.106. The molecule has 1 amide bonds. The van der Waals surface area contributed by atoms with Gasteiger partial charge in [0.1, 0.15) is 11.9 Å². The highest BCUT2D eigenvalue weighted by Gasteiger charge is 2.23. The van der Waals surface area contributed by atoms with Gasteiger partial charge in [-0.25, -0.2) is 0 Å². The summed E-state index contributed by atoms with van der Waals surface area (Å²) in [5, 5.41) is 2.82. The molecule has 6 nitrogen and oxygen atoms in total. The first-order valence-electron chi connectivity index (χ1n) is 8.91. The SMILES string of the molecule is COCCNC(=O)c1cccc(OC2CCN(C(C)COC)CC2)c1. The largest absolute Gasteiger partial charge is 0.490 e. The van der Waals surface area contributed by atoms with E-state index in [2.05, 4.69) is 17.1 Å². The third kappa shape index (κ3) is 6.30. The molecule has 0 radical (unpaired) electrons. The molecular weight excluding hydrogens is 320 g/mol. The van der Waals surface area contributed by atoms with Crippen molar-refractivity contribution in [3.63, 3.8) is 0 Å². The molecule has 2 rings (SSSR count). The summed E-state index contributed by atoms with van der Waals surface area (Å²) in [5.41, 5.74) is 0.611. The zero-order valence-electron chi connectivity index (χ0n) is 15.5. The highest BCUT2D eigenvalue weighted by atomic mass is 16.5. The molecule has 1 aromatic carbocycles. The molecule has 1 saturated heterocycles. The normalized spacial score (nSPS) is 17.2. The van der Waals surface area contributed by atoms with E-state index in [9.17, 15) is 4.79 Å². The molecule has 1 fully saturated rings. The van der Waals surface area contributed by atoms with Gasteiger partial charge in [-0.15, -0.1) is 0 Å². The van der Waals surface area contributed by atoms with E-state index in [4.69, 9.17) is 14.2 Å². The second-order valence-corrected chi connectivity index (χ2v) is 6.43. The van der Waals surface area contributed by atoms with Gasteiger partial charge >= 0.3 is 0 Å². The topological polar surface area (TPSA) is 60.0 Å². The van der Waals surface area contributed by atoms with Crippen LogP contribution in [0.2, 0.25) is 0 Å². The van der Waals surface area contributed by atoms with Gasteiger partial charge in [-0.1, -0.05) is 6.07 Å². The summed E-state index contributed by atoms with van der Waals surface area (Å²) in [6, 6.07) is 7.80.